The van der Waals surface area contributed by atoms with Gasteiger partial charge in [-0.15, -0.1) is 0 Å². The molecule has 1 atom stereocenters. The molecule has 0 fully saturated rings. The van der Waals surface area contributed by atoms with Gasteiger partial charge in [0.1, 0.15) is 11.6 Å². The maximum Gasteiger partial charge on any atom is 0.137 e. The normalized spacial score (nSPS) is 14.5. The summed E-state index contributed by atoms with van der Waals surface area (Å²) in [6, 6.07) is 46.9. The molecule has 6 heteroatoms. The minimum atomic E-state index is 0.266. The van der Waals surface area contributed by atoms with Gasteiger partial charge in [-0.2, -0.15) is 0 Å². The van der Waals surface area contributed by atoms with Crippen LogP contribution in [0.1, 0.15) is 23.6 Å². The van der Waals surface area contributed by atoms with Gasteiger partial charge in [0, 0.05) is 82.2 Å². The third kappa shape index (κ3) is 4.64. The molecule has 2 aliphatic rings. The van der Waals surface area contributed by atoms with Crippen LogP contribution in [-0.4, -0.2) is 19.1 Å². The number of anilines is 6. The van der Waals surface area contributed by atoms with E-state index in [9.17, 15) is 0 Å². The number of hydrogen-bond acceptors (Lipinski definition) is 4. The first-order chi connectivity index (χ1) is 25.7. The lowest BCUT2D eigenvalue weighted by atomic mass is 9.79. The molecule has 1 unspecified atom stereocenters. The molecule has 0 radical (unpaired) electrons. The van der Waals surface area contributed by atoms with E-state index in [1.807, 2.05) is 36.7 Å². The number of para-hydroxylation sites is 2. The average Bonchev–Trinajstić information content (AvgIpc) is 3.66. The van der Waals surface area contributed by atoms with E-state index in [4.69, 9.17) is 9.97 Å². The Morgan fingerprint density at radius 3 is 1.69 bits per heavy atom. The minimum absolute atomic E-state index is 0.266. The van der Waals surface area contributed by atoms with Crippen LogP contribution in [0.25, 0.3) is 39.5 Å². The topological polar surface area (TPSA) is 42.1 Å². The number of aryl methyl sites for hydroxylation is 2. The molecule has 0 saturated heterocycles. The van der Waals surface area contributed by atoms with Gasteiger partial charge >= 0.3 is 0 Å². The summed E-state index contributed by atoms with van der Waals surface area (Å²) in [5.74, 6) is 2.05. The monoisotopic (exact) mass is 672 g/mol. The molecule has 2 aliphatic carbocycles. The molecule has 0 aliphatic heterocycles. The van der Waals surface area contributed by atoms with E-state index in [2.05, 4.69) is 160 Å². The molecule has 0 N–H and O–H groups in total. The molecule has 0 bridgehead atoms. The molecule has 4 heterocycles. The number of pyridine rings is 2. The smallest absolute Gasteiger partial charge is 0.137 e. The predicted molar refractivity (Wildman–Crippen MR) is 214 cm³/mol. The fourth-order valence-electron chi connectivity index (χ4n) is 8.43. The zero-order valence-electron chi connectivity index (χ0n) is 29.1. The Morgan fingerprint density at radius 2 is 1.12 bits per heavy atom. The van der Waals surface area contributed by atoms with E-state index < -0.39 is 0 Å². The van der Waals surface area contributed by atoms with Gasteiger partial charge in [-0.1, -0.05) is 72.8 Å². The maximum absolute atomic E-state index is 4.74. The highest BCUT2D eigenvalue weighted by Gasteiger charge is 2.30. The Kier molecular flexibility index (Phi) is 6.96. The number of nitrogens with zero attached hydrogens (tertiary/aromatic N) is 6. The van der Waals surface area contributed by atoms with Crippen molar-refractivity contribution in [2.75, 3.05) is 9.80 Å². The Balaban J connectivity index is 1.11. The van der Waals surface area contributed by atoms with E-state index in [-0.39, 0.29) is 5.92 Å². The van der Waals surface area contributed by atoms with Crippen LogP contribution in [0.4, 0.5) is 34.4 Å². The lowest BCUT2D eigenvalue weighted by Gasteiger charge is -2.25. The molecule has 10 rings (SSSR count). The van der Waals surface area contributed by atoms with Crippen molar-refractivity contribution in [1.29, 1.82) is 0 Å². The first-order valence-corrected chi connectivity index (χ1v) is 17.8. The standard InChI is InChI=1S/C46H36N6/c1-49-39-25-23-36-35(45(39)37-21-19-33(29-41(37)49)51(31-13-5-3-6-14-31)43-17-9-11-27-47-43)24-26-40-46(36)38-22-20-34(30-42(38)50(40)2)52(32-15-7-4-8-16-32)44-18-10-12-28-48-44/h3-23,25-30,35H,24H2,1-2H3. The van der Waals surface area contributed by atoms with Gasteiger partial charge in [0.05, 0.1) is 11.0 Å². The van der Waals surface area contributed by atoms with Gasteiger partial charge in [0.25, 0.3) is 0 Å². The number of allylic oxidation sites excluding steroid dienone is 1. The highest BCUT2D eigenvalue weighted by Crippen LogP contribution is 2.45. The van der Waals surface area contributed by atoms with Gasteiger partial charge in [0.15, 0.2) is 0 Å². The molecular formula is C46H36N6. The molecule has 4 aromatic heterocycles. The van der Waals surface area contributed by atoms with Crippen LogP contribution in [0.15, 0.2) is 152 Å². The first kappa shape index (κ1) is 30.2. The van der Waals surface area contributed by atoms with E-state index in [0.717, 1.165) is 40.8 Å². The molecule has 250 valence electrons. The number of fused-ring (bicyclic) bond motifs is 8. The molecule has 52 heavy (non-hydrogen) atoms. The quantitative estimate of drug-likeness (QED) is 0.177. The number of hydrogen-bond donors (Lipinski definition) is 0. The van der Waals surface area contributed by atoms with Crippen LogP contribution in [0.5, 0.6) is 0 Å². The highest BCUT2D eigenvalue weighted by atomic mass is 15.2. The van der Waals surface area contributed by atoms with Crippen molar-refractivity contribution in [2.24, 2.45) is 14.1 Å². The summed E-state index contributed by atoms with van der Waals surface area (Å²) < 4.78 is 4.73. The molecular weight excluding hydrogens is 637 g/mol. The average molecular weight is 673 g/mol. The van der Waals surface area contributed by atoms with E-state index in [1.165, 1.54) is 49.2 Å². The van der Waals surface area contributed by atoms with Crippen LogP contribution in [-0.2, 0) is 14.1 Å². The molecule has 4 aromatic carbocycles. The van der Waals surface area contributed by atoms with Gasteiger partial charge in [0.2, 0.25) is 0 Å². The van der Waals surface area contributed by atoms with Crippen LogP contribution in [0, 0.1) is 0 Å². The summed E-state index contributed by atoms with van der Waals surface area (Å²) in [5, 5.41) is 5.20. The minimum Gasteiger partial charge on any atom is -0.344 e. The lowest BCUT2D eigenvalue weighted by molar-refractivity contribution is 0.844. The van der Waals surface area contributed by atoms with Crippen LogP contribution in [0.2, 0.25) is 0 Å². The van der Waals surface area contributed by atoms with E-state index in [1.54, 1.807) is 0 Å². The third-order valence-corrected chi connectivity index (χ3v) is 10.8. The molecule has 6 nitrogen and oxygen atoms in total. The second kappa shape index (κ2) is 12.0. The Bertz CT molecular complexity index is 2700. The summed E-state index contributed by atoms with van der Waals surface area (Å²) in [7, 11) is 4.40. The Morgan fingerprint density at radius 1 is 0.558 bits per heavy atom. The highest BCUT2D eigenvalue weighted by molar-refractivity contribution is 5.99. The predicted octanol–water partition coefficient (Wildman–Crippen LogP) is 9.55. The molecule has 0 saturated carbocycles. The fourth-order valence-corrected chi connectivity index (χ4v) is 8.43. The SMILES string of the molecule is Cn1c2c(c3ccc(N(c4ccccc4)c4ccccn4)cc31)C1CC=c3c(c4ccc(N(c5ccccc5)c5ccccn5)cc4n3C)=C1C=C2. The van der Waals surface area contributed by atoms with E-state index in [0.29, 0.717) is 0 Å². The summed E-state index contributed by atoms with van der Waals surface area (Å²) >= 11 is 0. The zero-order valence-corrected chi connectivity index (χ0v) is 29.1. The number of aromatic nitrogens is 4. The van der Waals surface area contributed by atoms with Gasteiger partial charge in [-0.25, -0.2) is 9.97 Å². The molecule has 0 spiro atoms. The second-order valence-corrected chi connectivity index (χ2v) is 13.6. The molecule has 0 amide bonds. The summed E-state index contributed by atoms with van der Waals surface area (Å²) in [5.41, 5.74) is 10.8. The van der Waals surface area contributed by atoms with Gasteiger partial charge in [-0.3, -0.25) is 9.80 Å². The van der Waals surface area contributed by atoms with E-state index >= 15 is 0 Å². The number of rotatable bonds is 6. The van der Waals surface area contributed by atoms with Crippen molar-refractivity contribution < 1.29 is 0 Å². The summed E-state index contributed by atoms with van der Waals surface area (Å²) in [6.07, 6.45) is 11.8. The zero-order chi connectivity index (χ0) is 34.8. The Labute approximate surface area is 302 Å². The largest absolute Gasteiger partial charge is 0.344 e. The fraction of sp³-hybridized carbons (Fsp3) is 0.0870. The van der Waals surface area contributed by atoms with Crippen molar-refractivity contribution in [3.05, 3.63) is 174 Å². The summed E-state index contributed by atoms with van der Waals surface area (Å²) in [4.78, 5) is 13.9. The third-order valence-electron chi connectivity index (χ3n) is 10.8. The van der Waals surface area contributed by atoms with Crippen molar-refractivity contribution in [1.82, 2.24) is 19.1 Å². The van der Waals surface area contributed by atoms with Crippen molar-refractivity contribution in [3.63, 3.8) is 0 Å². The van der Waals surface area contributed by atoms with Gasteiger partial charge in [-0.05, 0) is 96.4 Å². The van der Waals surface area contributed by atoms with Gasteiger partial charge < -0.3 is 9.13 Å². The van der Waals surface area contributed by atoms with Crippen LogP contribution in [0.3, 0.4) is 0 Å². The van der Waals surface area contributed by atoms with Crippen molar-refractivity contribution in [3.8, 4) is 0 Å². The molecule has 8 aromatic rings. The Hall–Kier alpha value is -6.66. The first-order valence-electron chi connectivity index (χ1n) is 17.8. The van der Waals surface area contributed by atoms with Crippen molar-refractivity contribution >= 4 is 73.9 Å². The second-order valence-electron chi connectivity index (χ2n) is 13.6. The van der Waals surface area contributed by atoms with Crippen LogP contribution >= 0.6 is 0 Å². The van der Waals surface area contributed by atoms with Crippen LogP contribution < -0.4 is 20.4 Å². The summed E-state index contributed by atoms with van der Waals surface area (Å²) in [6.45, 7) is 0. The maximum atomic E-state index is 4.74. The van der Waals surface area contributed by atoms with Crippen molar-refractivity contribution in [2.45, 2.75) is 12.3 Å². The number of benzene rings is 4. The lowest BCUT2D eigenvalue weighted by Crippen LogP contribution is -2.34.